The molecular formula is C22H22N4. The van der Waals surface area contributed by atoms with E-state index in [2.05, 4.69) is 59.3 Å². The van der Waals surface area contributed by atoms with Crippen molar-refractivity contribution in [2.24, 2.45) is 0 Å². The summed E-state index contributed by atoms with van der Waals surface area (Å²) in [7, 11) is 0. The number of hydrogen-bond donors (Lipinski definition) is 1. The summed E-state index contributed by atoms with van der Waals surface area (Å²) in [4.78, 5) is 11.8. The summed E-state index contributed by atoms with van der Waals surface area (Å²) in [5.41, 5.74) is 4.62. The van der Waals surface area contributed by atoms with Crippen molar-refractivity contribution in [1.29, 1.82) is 0 Å². The third-order valence-corrected chi connectivity index (χ3v) is 4.57. The van der Waals surface area contributed by atoms with Crippen LogP contribution < -0.4 is 10.2 Å². The SMILES string of the molecule is C=CCNc1nc(-c2ccccc2)cc(N2CCCc3ccccc32)n1. The normalized spacial score (nSPS) is 13.2. The largest absolute Gasteiger partial charge is 0.351 e. The maximum Gasteiger partial charge on any atom is 0.225 e. The summed E-state index contributed by atoms with van der Waals surface area (Å²) in [6, 6.07) is 20.9. The maximum absolute atomic E-state index is 4.77. The zero-order valence-corrected chi connectivity index (χ0v) is 14.7. The molecule has 2 heterocycles. The number of nitrogens with zero attached hydrogens (tertiary/aromatic N) is 3. The Kier molecular flexibility index (Phi) is 4.65. The molecule has 4 nitrogen and oxygen atoms in total. The average molecular weight is 342 g/mol. The molecule has 3 aromatic rings. The van der Waals surface area contributed by atoms with Crippen LogP contribution in [0.1, 0.15) is 12.0 Å². The summed E-state index contributed by atoms with van der Waals surface area (Å²) in [6.07, 6.45) is 4.05. The van der Waals surface area contributed by atoms with Gasteiger partial charge in [0, 0.05) is 30.4 Å². The molecule has 0 unspecified atom stereocenters. The minimum atomic E-state index is 0.629. The molecular weight excluding hydrogens is 320 g/mol. The minimum absolute atomic E-state index is 0.629. The van der Waals surface area contributed by atoms with Crippen molar-refractivity contribution < 1.29 is 0 Å². The lowest BCUT2D eigenvalue weighted by molar-refractivity contribution is 0.759. The Labute approximate surface area is 154 Å². The molecule has 0 bridgehead atoms. The molecule has 1 aromatic heterocycles. The molecule has 1 N–H and O–H groups in total. The zero-order chi connectivity index (χ0) is 17.8. The average Bonchev–Trinajstić information content (AvgIpc) is 2.72. The van der Waals surface area contributed by atoms with Crippen LogP contribution >= 0.6 is 0 Å². The van der Waals surface area contributed by atoms with Gasteiger partial charge in [0.15, 0.2) is 0 Å². The minimum Gasteiger partial charge on any atom is -0.351 e. The van der Waals surface area contributed by atoms with Gasteiger partial charge in [0.25, 0.3) is 0 Å². The number of fused-ring (bicyclic) bond motifs is 1. The summed E-state index contributed by atoms with van der Waals surface area (Å²) in [5.74, 6) is 1.56. The molecule has 4 rings (SSSR count). The molecule has 0 fully saturated rings. The summed E-state index contributed by atoms with van der Waals surface area (Å²) >= 11 is 0. The van der Waals surface area contributed by atoms with E-state index in [1.165, 1.54) is 11.3 Å². The Hall–Kier alpha value is -3.14. The van der Waals surface area contributed by atoms with E-state index in [0.29, 0.717) is 12.5 Å². The lowest BCUT2D eigenvalue weighted by Gasteiger charge is -2.30. The highest BCUT2D eigenvalue weighted by molar-refractivity contribution is 5.71. The van der Waals surface area contributed by atoms with Crippen LogP contribution in [0.3, 0.4) is 0 Å². The van der Waals surface area contributed by atoms with E-state index in [4.69, 9.17) is 9.97 Å². The predicted octanol–water partition coefficient (Wildman–Crippen LogP) is 4.83. The Morgan fingerprint density at radius 2 is 1.85 bits per heavy atom. The van der Waals surface area contributed by atoms with Crippen LogP contribution in [0.2, 0.25) is 0 Å². The first-order chi connectivity index (χ1) is 12.8. The first-order valence-corrected chi connectivity index (χ1v) is 9.00. The maximum atomic E-state index is 4.77. The highest BCUT2D eigenvalue weighted by Crippen LogP contribution is 2.34. The van der Waals surface area contributed by atoms with E-state index < -0.39 is 0 Å². The van der Waals surface area contributed by atoms with Crippen molar-refractivity contribution in [2.45, 2.75) is 12.8 Å². The molecule has 26 heavy (non-hydrogen) atoms. The summed E-state index contributed by atoms with van der Waals surface area (Å²) in [5, 5.41) is 3.24. The lowest BCUT2D eigenvalue weighted by Crippen LogP contribution is -2.25. The fourth-order valence-corrected chi connectivity index (χ4v) is 3.34. The van der Waals surface area contributed by atoms with Gasteiger partial charge in [-0.2, -0.15) is 4.98 Å². The fraction of sp³-hybridized carbons (Fsp3) is 0.182. The Morgan fingerprint density at radius 1 is 1.04 bits per heavy atom. The smallest absolute Gasteiger partial charge is 0.225 e. The molecule has 0 saturated carbocycles. The van der Waals surface area contributed by atoms with Gasteiger partial charge in [0.2, 0.25) is 5.95 Å². The fourth-order valence-electron chi connectivity index (χ4n) is 3.34. The highest BCUT2D eigenvalue weighted by Gasteiger charge is 2.20. The van der Waals surface area contributed by atoms with Gasteiger partial charge in [-0.1, -0.05) is 54.6 Å². The van der Waals surface area contributed by atoms with Gasteiger partial charge < -0.3 is 10.2 Å². The van der Waals surface area contributed by atoms with Crippen LogP contribution in [-0.4, -0.2) is 23.1 Å². The number of hydrogen-bond acceptors (Lipinski definition) is 4. The van der Waals surface area contributed by atoms with E-state index in [9.17, 15) is 0 Å². The molecule has 0 atom stereocenters. The molecule has 2 aromatic carbocycles. The van der Waals surface area contributed by atoms with E-state index in [0.717, 1.165) is 36.5 Å². The first kappa shape index (κ1) is 16.3. The number of benzene rings is 2. The van der Waals surface area contributed by atoms with Crippen LogP contribution in [0.15, 0.2) is 73.3 Å². The Morgan fingerprint density at radius 3 is 2.69 bits per heavy atom. The Balaban J connectivity index is 1.79. The van der Waals surface area contributed by atoms with E-state index in [1.807, 2.05) is 24.3 Å². The molecule has 0 saturated heterocycles. The van der Waals surface area contributed by atoms with Gasteiger partial charge in [-0.05, 0) is 24.5 Å². The third-order valence-electron chi connectivity index (χ3n) is 4.57. The zero-order valence-electron chi connectivity index (χ0n) is 14.7. The van der Waals surface area contributed by atoms with Gasteiger partial charge >= 0.3 is 0 Å². The second kappa shape index (κ2) is 7.40. The molecule has 4 heteroatoms. The van der Waals surface area contributed by atoms with Crippen molar-refractivity contribution in [2.75, 3.05) is 23.3 Å². The molecule has 0 aliphatic carbocycles. The van der Waals surface area contributed by atoms with Gasteiger partial charge in [-0.15, -0.1) is 6.58 Å². The molecule has 0 spiro atoms. The second-order valence-electron chi connectivity index (χ2n) is 6.35. The topological polar surface area (TPSA) is 41.1 Å². The highest BCUT2D eigenvalue weighted by atomic mass is 15.2. The summed E-state index contributed by atoms with van der Waals surface area (Å²) in [6.45, 7) is 5.36. The lowest BCUT2D eigenvalue weighted by atomic mass is 10.0. The van der Waals surface area contributed by atoms with E-state index >= 15 is 0 Å². The van der Waals surface area contributed by atoms with Crippen LogP contribution in [0, 0.1) is 0 Å². The first-order valence-electron chi connectivity index (χ1n) is 9.00. The van der Waals surface area contributed by atoms with Crippen LogP contribution in [-0.2, 0) is 6.42 Å². The molecule has 0 radical (unpaired) electrons. The number of nitrogens with one attached hydrogen (secondary N) is 1. The Bertz CT molecular complexity index is 905. The molecule has 0 amide bonds. The second-order valence-corrected chi connectivity index (χ2v) is 6.35. The summed E-state index contributed by atoms with van der Waals surface area (Å²) < 4.78 is 0. The number of para-hydroxylation sites is 1. The number of rotatable bonds is 5. The van der Waals surface area contributed by atoms with Crippen molar-refractivity contribution >= 4 is 17.5 Å². The molecule has 1 aliphatic rings. The van der Waals surface area contributed by atoms with E-state index in [1.54, 1.807) is 0 Å². The van der Waals surface area contributed by atoms with Crippen LogP contribution in [0.25, 0.3) is 11.3 Å². The number of anilines is 3. The van der Waals surface area contributed by atoms with Crippen molar-refractivity contribution in [1.82, 2.24) is 9.97 Å². The standard InChI is InChI=1S/C22H22N4/c1-2-14-23-22-24-19(17-9-4-3-5-10-17)16-21(25-22)26-15-8-12-18-11-6-7-13-20(18)26/h2-7,9-11,13,16H,1,8,12,14-15H2,(H,23,24,25). The van der Waals surface area contributed by atoms with Gasteiger partial charge in [0.1, 0.15) is 5.82 Å². The van der Waals surface area contributed by atoms with Gasteiger partial charge in [0.05, 0.1) is 5.69 Å². The monoisotopic (exact) mass is 342 g/mol. The number of aromatic nitrogens is 2. The van der Waals surface area contributed by atoms with E-state index in [-0.39, 0.29) is 0 Å². The van der Waals surface area contributed by atoms with Gasteiger partial charge in [-0.25, -0.2) is 4.98 Å². The van der Waals surface area contributed by atoms with Gasteiger partial charge in [-0.3, -0.25) is 0 Å². The molecule has 130 valence electrons. The van der Waals surface area contributed by atoms with Crippen molar-refractivity contribution in [3.63, 3.8) is 0 Å². The predicted molar refractivity (Wildman–Crippen MR) is 108 cm³/mol. The number of aryl methyl sites for hydroxylation is 1. The van der Waals surface area contributed by atoms with Crippen LogP contribution in [0.5, 0.6) is 0 Å². The quantitative estimate of drug-likeness (QED) is 0.675. The van der Waals surface area contributed by atoms with Crippen molar-refractivity contribution in [3.05, 3.63) is 78.9 Å². The van der Waals surface area contributed by atoms with Crippen LogP contribution in [0.4, 0.5) is 17.5 Å². The molecule has 1 aliphatic heterocycles. The van der Waals surface area contributed by atoms with Crippen molar-refractivity contribution in [3.8, 4) is 11.3 Å². The third kappa shape index (κ3) is 3.31.